The molecule has 1 rings (SSSR count). The van der Waals surface area contributed by atoms with E-state index in [0.29, 0.717) is 6.29 Å². The summed E-state index contributed by atoms with van der Waals surface area (Å²) >= 11 is 11.8. The van der Waals surface area contributed by atoms with Gasteiger partial charge in [-0.1, -0.05) is 23.2 Å². The van der Waals surface area contributed by atoms with Gasteiger partial charge < -0.3 is 18.8 Å². The van der Waals surface area contributed by atoms with Crippen LogP contribution in [0.5, 0.6) is 0 Å². The second-order valence-corrected chi connectivity index (χ2v) is 4.57. The van der Waals surface area contributed by atoms with Gasteiger partial charge in [-0.05, 0) is 6.07 Å². The maximum absolute atomic E-state index is 12.0. The molecule has 0 N–H and O–H groups in total. The molecule has 0 amide bonds. The van der Waals surface area contributed by atoms with Gasteiger partial charge in [-0.2, -0.15) is 0 Å². The van der Waals surface area contributed by atoms with Crippen molar-refractivity contribution in [2.75, 3.05) is 14.2 Å². The molecule has 0 saturated carbocycles. The van der Waals surface area contributed by atoms with Crippen LogP contribution >= 0.6 is 23.2 Å². The molecule has 1 aromatic rings. The third kappa shape index (κ3) is 3.43. The number of hydrogen-bond acceptors (Lipinski definition) is 6. The number of ether oxygens (including phenoxy) is 2. The molecule has 0 radical (unpaired) electrons. The molecule has 0 aromatic carbocycles. The summed E-state index contributed by atoms with van der Waals surface area (Å²) in [7, 11) is 2.14. The number of hydrogen-bond donors (Lipinski definition) is 0. The number of Topliss-reactive ketones (excluding diaryl/α,β-unsaturated/α-hetero) is 1. The first-order valence-electron chi connectivity index (χ1n) is 5.59. The van der Waals surface area contributed by atoms with Crippen LogP contribution in [0.3, 0.4) is 0 Å². The zero-order valence-electron chi connectivity index (χ0n) is 11.1. The van der Waals surface area contributed by atoms with Crippen LogP contribution < -0.4 is 0 Å². The fourth-order valence-corrected chi connectivity index (χ4v) is 2.15. The largest absolute Gasteiger partial charge is 0.464 e. The minimum absolute atomic E-state index is 0.0226. The van der Waals surface area contributed by atoms with Crippen molar-refractivity contribution in [3.05, 3.63) is 21.9 Å². The van der Waals surface area contributed by atoms with E-state index in [4.69, 9.17) is 23.2 Å². The van der Waals surface area contributed by atoms with Crippen LogP contribution in [0.2, 0.25) is 10.2 Å². The molecular formula is C12H11Cl2NO6. The lowest BCUT2D eigenvalue weighted by molar-refractivity contribution is -0.153. The van der Waals surface area contributed by atoms with E-state index < -0.39 is 23.8 Å². The van der Waals surface area contributed by atoms with E-state index >= 15 is 0 Å². The van der Waals surface area contributed by atoms with Gasteiger partial charge in [0.1, 0.15) is 23.2 Å². The number of rotatable bonds is 6. The van der Waals surface area contributed by atoms with Gasteiger partial charge in [0.05, 0.1) is 19.2 Å². The Morgan fingerprint density at radius 2 is 1.90 bits per heavy atom. The number of carbonyl (C=O) groups excluding carboxylic acids is 4. The molecule has 21 heavy (non-hydrogen) atoms. The van der Waals surface area contributed by atoms with Gasteiger partial charge in [0, 0.05) is 6.42 Å². The quantitative estimate of drug-likeness (QED) is 0.444. The summed E-state index contributed by atoms with van der Waals surface area (Å²) in [4.78, 5) is 45.8. The van der Waals surface area contributed by atoms with E-state index in [9.17, 15) is 19.2 Å². The smallest absolute Gasteiger partial charge is 0.376 e. The third-order valence-corrected chi connectivity index (χ3v) is 3.42. The van der Waals surface area contributed by atoms with Gasteiger partial charge in [-0.15, -0.1) is 0 Å². The molecule has 1 atom stereocenters. The van der Waals surface area contributed by atoms with E-state index in [-0.39, 0.29) is 22.3 Å². The zero-order chi connectivity index (χ0) is 16.2. The number of carbonyl (C=O) groups is 4. The highest BCUT2D eigenvalue weighted by molar-refractivity contribution is 6.42. The number of ketones is 1. The molecule has 0 aliphatic rings. The minimum Gasteiger partial charge on any atom is -0.464 e. The summed E-state index contributed by atoms with van der Waals surface area (Å²) in [6.45, 7) is 0. The van der Waals surface area contributed by atoms with E-state index in [2.05, 4.69) is 9.47 Å². The normalized spacial score (nSPS) is 11.6. The molecule has 0 saturated heterocycles. The first-order valence-corrected chi connectivity index (χ1v) is 6.34. The maximum atomic E-state index is 12.0. The average molecular weight is 336 g/mol. The summed E-state index contributed by atoms with van der Waals surface area (Å²) in [6.07, 6.45) is 0.0272. The third-order valence-electron chi connectivity index (χ3n) is 2.65. The lowest BCUT2D eigenvalue weighted by atomic mass is 10.1. The van der Waals surface area contributed by atoms with Gasteiger partial charge in [0.2, 0.25) is 0 Å². The van der Waals surface area contributed by atoms with Gasteiger partial charge in [-0.25, -0.2) is 9.59 Å². The number of nitrogens with zero attached hydrogens (tertiary/aromatic N) is 1. The fraction of sp³-hybridized carbons (Fsp3) is 0.333. The SMILES string of the molecule is COC(=O)C(=O)C(CC=O)n1c(C(=O)OC)cc(Cl)c1Cl. The van der Waals surface area contributed by atoms with Crippen LogP contribution in [0.25, 0.3) is 0 Å². The molecular weight excluding hydrogens is 325 g/mol. The molecule has 1 aromatic heterocycles. The Morgan fingerprint density at radius 3 is 2.38 bits per heavy atom. The Kier molecular flexibility index (Phi) is 5.92. The first-order chi connectivity index (χ1) is 9.88. The first kappa shape index (κ1) is 17.2. The van der Waals surface area contributed by atoms with Crippen LogP contribution in [-0.4, -0.2) is 42.8 Å². The highest BCUT2D eigenvalue weighted by atomic mass is 35.5. The van der Waals surface area contributed by atoms with Crippen molar-refractivity contribution in [2.45, 2.75) is 12.5 Å². The summed E-state index contributed by atoms with van der Waals surface area (Å²) in [5.41, 5.74) is -0.156. The average Bonchev–Trinajstić information content (AvgIpc) is 2.78. The monoisotopic (exact) mass is 335 g/mol. The van der Waals surface area contributed by atoms with Crippen LogP contribution in [0.15, 0.2) is 6.07 Å². The Morgan fingerprint density at radius 1 is 1.29 bits per heavy atom. The predicted octanol–water partition coefficient (Wildman–Crippen LogP) is 1.45. The second kappa shape index (κ2) is 7.24. The predicted molar refractivity (Wildman–Crippen MR) is 72.5 cm³/mol. The lowest BCUT2D eigenvalue weighted by Gasteiger charge is -2.17. The van der Waals surface area contributed by atoms with Crippen molar-refractivity contribution >= 4 is 47.2 Å². The molecule has 1 heterocycles. The summed E-state index contributed by atoms with van der Waals surface area (Å²) < 4.78 is 9.85. The molecule has 0 spiro atoms. The summed E-state index contributed by atoms with van der Waals surface area (Å²) in [6, 6.07) is -0.165. The van der Waals surface area contributed by atoms with Crippen LogP contribution in [0, 0.1) is 0 Å². The van der Waals surface area contributed by atoms with Crippen LogP contribution in [-0.2, 0) is 23.9 Å². The molecule has 9 heteroatoms. The molecule has 1 unspecified atom stereocenters. The number of methoxy groups -OCH3 is 2. The fourth-order valence-electron chi connectivity index (χ4n) is 1.69. The topological polar surface area (TPSA) is 91.7 Å². The van der Waals surface area contributed by atoms with Gasteiger partial charge >= 0.3 is 11.9 Å². The van der Waals surface area contributed by atoms with E-state index in [1.165, 1.54) is 6.07 Å². The van der Waals surface area contributed by atoms with Crippen molar-refractivity contribution in [3.8, 4) is 0 Å². The zero-order valence-corrected chi connectivity index (χ0v) is 12.6. The number of halogens is 2. The molecule has 0 aliphatic heterocycles. The van der Waals surface area contributed by atoms with Crippen molar-refractivity contribution in [1.29, 1.82) is 0 Å². The standard InChI is InChI=1S/C12H11Cl2NO6/c1-20-11(18)8-5-6(13)10(14)15(8)7(3-4-16)9(17)12(19)21-2/h4-5,7H,3H2,1-2H3. The van der Waals surface area contributed by atoms with Crippen molar-refractivity contribution in [3.63, 3.8) is 0 Å². The van der Waals surface area contributed by atoms with E-state index in [1.54, 1.807) is 0 Å². The Hall–Kier alpha value is -1.86. The Bertz CT molecular complexity index is 595. The minimum atomic E-state index is -1.34. The number of aromatic nitrogens is 1. The van der Waals surface area contributed by atoms with Crippen LogP contribution in [0.4, 0.5) is 0 Å². The van der Waals surface area contributed by atoms with Crippen molar-refractivity contribution in [2.24, 2.45) is 0 Å². The molecule has 0 aliphatic carbocycles. The maximum Gasteiger partial charge on any atom is 0.376 e. The Labute approximate surface area is 129 Å². The number of aldehydes is 1. The van der Waals surface area contributed by atoms with E-state index in [0.717, 1.165) is 18.8 Å². The molecule has 0 fully saturated rings. The Balaban J connectivity index is 3.44. The van der Waals surface area contributed by atoms with Gasteiger partial charge in [-0.3, -0.25) is 4.79 Å². The van der Waals surface area contributed by atoms with E-state index in [1.807, 2.05) is 0 Å². The highest BCUT2D eigenvalue weighted by Crippen LogP contribution is 2.31. The van der Waals surface area contributed by atoms with Crippen molar-refractivity contribution in [1.82, 2.24) is 4.57 Å². The van der Waals surface area contributed by atoms with Crippen molar-refractivity contribution < 1.29 is 28.7 Å². The molecule has 0 bridgehead atoms. The second-order valence-electron chi connectivity index (χ2n) is 3.80. The lowest BCUT2D eigenvalue weighted by Crippen LogP contribution is -2.30. The van der Waals surface area contributed by atoms with Gasteiger partial charge in [0.25, 0.3) is 5.78 Å². The van der Waals surface area contributed by atoms with Crippen LogP contribution in [0.1, 0.15) is 23.0 Å². The van der Waals surface area contributed by atoms with Gasteiger partial charge in [0.15, 0.2) is 0 Å². The number of esters is 2. The highest BCUT2D eigenvalue weighted by Gasteiger charge is 2.33. The molecule has 7 nitrogen and oxygen atoms in total. The molecule has 114 valence electrons. The summed E-state index contributed by atoms with van der Waals surface area (Å²) in [5, 5.41) is -0.188. The summed E-state index contributed by atoms with van der Waals surface area (Å²) in [5.74, 6) is -3.03.